The molecule has 4 heterocycles. The third-order valence-electron chi connectivity index (χ3n) is 7.08. The van der Waals surface area contributed by atoms with Crippen LogP contribution in [-0.4, -0.2) is 41.2 Å². The molecule has 3 aromatic heterocycles. The number of benzene rings is 1. The SMILES string of the molecule is COc1cn2nccc2cc1NC1c2c(sc3c2CCC(C(=O)Nc2ccc(F)c(Cl)c2)C3)NCN1C. The van der Waals surface area contributed by atoms with E-state index in [4.69, 9.17) is 16.3 Å². The van der Waals surface area contributed by atoms with Gasteiger partial charge in [0, 0.05) is 28.2 Å². The van der Waals surface area contributed by atoms with Crippen LogP contribution in [0.1, 0.15) is 28.6 Å². The molecule has 11 heteroatoms. The molecular weight excluding hydrogens is 515 g/mol. The van der Waals surface area contributed by atoms with Crippen molar-refractivity contribution in [1.29, 1.82) is 0 Å². The van der Waals surface area contributed by atoms with Crippen molar-refractivity contribution in [1.82, 2.24) is 14.5 Å². The highest BCUT2D eigenvalue weighted by Gasteiger charge is 2.36. The van der Waals surface area contributed by atoms with Gasteiger partial charge in [0.15, 0.2) is 5.75 Å². The van der Waals surface area contributed by atoms with E-state index in [-0.39, 0.29) is 23.0 Å². The number of pyridine rings is 1. The van der Waals surface area contributed by atoms with Crippen LogP contribution >= 0.6 is 22.9 Å². The molecule has 0 spiro atoms. The van der Waals surface area contributed by atoms with Crippen LogP contribution in [0.2, 0.25) is 5.02 Å². The van der Waals surface area contributed by atoms with Gasteiger partial charge >= 0.3 is 0 Å². The highest BCUT2D eigenvalue weighted by molar-refractivity contribution is 7.16. The minimum absolute atomic E-state index is 0.00703. The van der Waals surface area contributed by atoms with Crippen molar-refractivity contribution in [3.05, 3.63) is 69.6 Å². The van der Waals surface area contributed by atoms with E-state index in [1.165, 1.54) is 34.2 Å². The Morgan fingerprint density at radius 1 is 1.32 bits per heavy atom. The van der Waals surface area contributed by atoms with Gasteiger partial charge in [0.1, 0.15) is 12.0 Å². The summed E-state index contributed by atoms with van der Waals surface area (Å²) >= 11 is 7.61. The molecule has 2 aliphatic rings. The summed E-state index contributed by atoms with van der Waals surface area (Å²) in [4.78, 5) is 16.5. The van der Waals surface area contributed by atoms with Gasteiger partial charge in [-0.25, -0.2) is 8.91 Å². The Labute approximate surface area is 222 Å². The molecule has 8 nitrogen and oxygen atoms in total. The Bertz CT molecular complexity index is 1500. The summed E-state index contributed by atoms with van der Waals surface area (Å²) in [5, 5.41) is 15.6. The molecule has 2 atom stereocenters. The Kier molecular flexibility index (Phi) is 6.18. The lowest BCUT2D eigenvalue weighted by Gasteiger charge is -2.36. The Hall–Kier alpha value is -3.34. The van der Waals surface area contributed by atoms with Gasteiger partial charge in [0.05, 0.1) is 41.2 Å². The molecule has 1 aliphatic carbocycles. The average Bonchev–Trinajstić information content (AvgIpc) is 3.50. The van der Waals surface area contributed by atoms with Gasteiger partial charge in [0.2, 0.25) is 5.91 Å². The van der Waals surface area contributed by atoms with Crippen molar-refractivity contribution in [3.8, 4) is 5.75 Å². The van der Waals surface area contributed by atoms with E-state index in [0.717, 1.165) is 29.0 Å². The number of aromatic nitrogens is 2. The van der Waals surface area contributed by atoms with E-state index in [1.54, 1.807) is 29.2 Å². The zero-order valence-corrected chi connectivity index (χ0v) is 21.9. The van der Waals surface area contributed by atoms with Crippen LogP contribution in [0.5, 0.6) is 5.75 Å². The number of methoxy groups -OCH3 is 1. The third kappa shape index (κ3) is 4.39. The summed E-state index contributed by atoms with van der Waals surface area (Å²) in [6.45, 7) is 0.691. The van der Waals surface area contributed by atoms with Crippen molar-refractivity contribution in [2.24, 2.45) is 5.92 Å². The number of nitrogens with zero attached hydrogens (tertiary/aromatic N) is 3. The van der Waals surface area contributed by atoms with E-state index in [2.05, 4.69) is 33.0 Å². The Morgan fingerprint density at radius 3 is 3.00 bits per heavy atom. The number of hydrogen-bond donors (Lipinski definition) is 3. The van der Waals surface area contributed by atoms with Crippen molar-refractivity contribution in [2.75, 3.05) is 36.8 Å². The predicted octanol–water partition coefficient (Wildman–Crippen LogP) is 5.37. The molecule has 1 aromatic carbocycles. The zero-order chi connectivity index (χ0) is 25.7. The van der Waals surface area contributed by atoms with Crippen LogP contribution in [0, 0.1) is 11.7 Å². The maximum atomic E-state index is 13.5. The lowest BCUT2D eigenvalue weighted by molar-refractivity contribution is -0.120. The van der Waals surface area contributed by atoms with Crippen LogP contribution in [0.4, 0.5) is 20.8 Å². The molecule has 4 aromatic rings. The van der Waals surface area contributed by atoms with Crippen LogP contribution in [0.3, 0.4) is 0 Å². The molecule has 1 amide bonds. The van der Waals surface area contributed by atoms with Gasteiger partial charge in [-0.1, -0.05) is 11.6 Å². The molecule has 0 bridgehead atoms. The highest BCUT2D eigenvalue weighted by Crippen LogP contribution is 2.46. The van der Waals surface area contributed by atoms with E-state index >= 15 is 0 Å². The number of fused-ring (bicyclic) bond motifs is 4. The highest BCUT2D eigenvalue weighted by atomic mass is 35.5. The van der Waals surface area contributed by atoms with Crippen LogP contribution < -0.4 is 20.7 Å². The first kappa shape index (κ1) is 24.0. The molecular formula is C26H26ClFN6O2S. The van der Waals surface area contributed by atoms with E-state index in [1.807, 2.05) is 18.3 Å². The number of amides is 1. The summed E-state index contributed by atoms with van der Waals surface area (Å²) in [6.07, 6.45) is 5.79. The summed E-state index contributed by atoms with van der Waals surface area (Å²) in [5.41, 5.74) is 4.91. The Morgan fingerprint density at radius 2 is 2.19 bits per heavy atom. The summed E-state index contributed by atoms with van der Waals surface area (Å²) in [7, 11) is 3.74. The molecule has 3 N–H and O–H groups in total. The van der Waals surface area contributed by atoms with Gasteiger partial charge in [-0.2, -0.15) is 5.10 Å². The number of thiophene rings is 1. The zero-order valence-electron chi connectivity index (χ0n) is 20.3. The van der Waals surface area contributed by atoms with Crippen LogP contribution in [-0.2, 0) is 17.6 Å². The van der Waals surface area contributed by atoms with Crippen molar-refractivity contribution >= 4 is 50.7 Å². The standard InChI is InChI=1S/C26H26ClFN6O2S/c1-33-13-29-26-23(24(33)32-20-11-16-7-8-30-34(16)12-21(20)36-2)17-5-3-14(9-22(17)37-26)25(35)31-15-4-6-19(28)18(27)10-15/h4,6-8,10-12,14,24,29,32H,3,5,9,13H2,1-2H3,(H,31,35). The maximum Gasteiger partial charge on any atom is 0.227 e. The molecule has 6 rings (SSSR count). The molecule has 1 aliphatic heterocycles. The molecule has 0 radical (unpaired) electrons. The normalized spacial score (nSPS) is 19.1. The minimum Gasteiger partial charge on any atom is -0.493 e. The fourth-order valence-electron chi connectivity index (χ4n) is 5.13. The largest absolute Gasteiger partial charge is 0.493 e. The fraction of sp³-hybridized carbons (Fsp3) is 0.308. The quantitative estimate of drug-likeness (QED) is 0.316. The number of rotatable bonds is 5. The van der Waals surface area contributed by atoms with Gasteiger partial charge in [-0.15, -0.1) is 11.3 Å². The second-order valence-corrected chi connectivity index (χ2v) is 10.9. The van der Waals surface area contributed by atoms with Gasteiger partial charge in [-0.05, 0) is 62.2 Å². The summed E-state index contributed by atoms with van der Waals surface area (Å²) in [5.74, 6) is -0.0239. The fourth-order valence-corrected chi connectivity index (χ4v) is 6.66. The van der Waals surface area contributed by atoms with Crippen molar-refractivity contribution in [3.63, 3.8) is 0 Å². The molecule has 37 heavy (non-hydrogen) atoms. The lowest BCUT2D eigenvalue weighted by Crippen LogP contribution is -2.39. The topological polar surface area (TPSA) is 82.9 Å². The molecule has 0 fully saturated rings. The number of halogens is 2. The minimum atomic E-state index is -0.505. The average molecular weight is 541 g/mol. The molecule has 0 saturated carbocycles. The smallest absolute Gasteiger partial charge is 0.227 e. The van der Waals surface area contributed by atoms with Crippen LogP contribution in [0.25, 0.3) is 5.52 Å². The number of ether oxygens (including phenoxy) is 1. The second-order valence-electron chi connectivity index (χ2n) is 9.40. The molecule has 192 valence electrons. The third-order valence-corrected chi connectivity index (χ3v) is 8.60. The van der Waals surface area contributed by atoms with Crippen molar-refractivity contribution in [2.45, 2.75) is 25.4 Å². The maximum absolute atomic E-state index is 13.5. The summed E-state index contributed by atoms with van der Waals surface area (Å²) in [6, 6.07) is 8.24. The van der Waals surface area contributed by atoms with E-state index in [0.29, 0.717) is 24.5 Å². The molecule has 2 unspecified atom stereocenters. The second kappa shape index (κ2) is 9.51. The first-order chi connectivity index (χ1) is 17.9. The number of hydrogen-bond acceptors (Lipinski definition) is 7. The number of carbonyl (C=O) groups is 1. The summed E-state index contributed by atoms with van der Waals surface area (Å²) < 4.78 is 20.9. The monoisotopic (exact) mass is 540 g/mol. The first-order valence-electron chi connectivity index (χ1n) is 12.0. The van der Waals surface area contributed by atoms with Gasteiger partial charge < -0.3 is 20.7 Å². The van der Waals surface area contributed by atoms with E-state index < -0.39 is 5.82 Å². The van der Waals surface area contributed by atoms with Crippen LogP contribution in [0.15, 0.2) is 42.7 Å². The number of nitrogens with one attached hydrogen (secondary N) is 3. The van der Waals surface area contributed by atoms with Crippen molar-refractivity contribution < 1.29 is 13.9 Å². The molecule has 0 saturated heterocycles. The predicted molar refractivity (Wildman–Crippen MR) is 144 cm³/mol. The lowest BCUT2D eigenvalue weighted by atomic mass is 9.85. The van der Waals surface area contributed by atoms with Gasteiger partial charge in [0.25, 0.3) is 0 Å². The number of anilines is 3. The van der Waals surface area contributed by atoms with Gasteiger partial charge in [-0.3, -0.25) is 9.69 Å². The first-order valence-corrected chi connectivity index (χ1v) is 13.2. The van der Waals surface area contributed by atoms with E-state index in [9.17, 15) is 9.18 Å². The number of carbonyl (C=O) groups excluding carboxylic acids is 1. The Balaban J connectivity index is 1.25.